The van der Waals surface area contributed by atoms with Crippen LogP contribution < -0.4 is 11.5 Å². The van der Waals surface area contributed by atoms with Crippen molar-refractivity contribution in [3.63, 3.8) is 0 Å². The molecule has 7 heteroatoms. The van der Waals surface area contributed by atoms with Crippen molar-refractivity contribution in [2.75, 3.05) is 32.8 Å². The summed E-state index contributed by atoms with van der Waals surface area (Å²) in [7, 11) is 2.55. The van der Waals surface area contributed by atoms with E-state index in [4.69, 9.17) is 24.7 Å². The molecular weight excluding hydrogens is 268 g/mol. The maximum atomic E-state index is 5.95. The lowest BCUT2D eigenvalue weighted by molar-refractivity contribution is 0.123. The van der Waals surface area contributed by atoms with Crippen LogP contribution in [0.25, 0.3) is 0 Å². The zero-order valence-electron chi connectivity index (χ0n) is 12.0. The summed E-state index contributed by atoms with van der Waals surface area (Å²) in [5, 5.41) is 0. The van der Waals surface area contributed by atoms with E-state index in [0.717, 1.165) is 30.4 Å². The Labute approximate surface area is 116 Å². The Hall–Kier alpha value is 0.367. The molecule has 0 aromatic heterocycles. The van der Waals surface area contributed by atoms with E-state index in [2.05, 4.69) is 0 Å². The van der Waals surface area contributed by atoms with Gasteiger partial charge in [0.15, 0.2) is 0 Å². The van der Waals surface area contributed by atoms with Crippen LogP contribution in [0, 0.1) is 0 Å². The normalized spacial score (nSPS) is 15.7. The van der Waals surface area contributed by atoms with Gasteiger partial charge in [0.1, 0.15) is 0 Å². The third-order valence-electron chi connectivity index (χ3n) is 2.71. The second-order valence-corrected chi connectivity index (χ2v) is 8.69. The van der Waals surface area contributed by atoms with Crippen molar-refractivity contribution in [2.45, 2.75) is 37.9 Å². The molecule has 0 aliphatic carbocycles. The summed E-state index contributed by atoms with van der Waals surface area (Å²) in [5.74, 6) is 1.99. The first-order valence-corrected chi connectivity index (χ1v) is 9.32. The first-order valence-electron chi connectivity index (χ1n) is 6.24. The maximum Gasteiger partial charge on any atom is 0.500 e. The zero-order chi connectivity index (χ0) is 14.0. The topological polar surface area (TPSA) is 79.7 Å². The Bertz CT molecular complexity index is 198. The molecule has 18 heavy (non-hydrogen) atoms. The van der Waals surface area contributed by atoms with Gasteiger partial charge in [-0.1, -0.05) is 0 Å². The molecule has 0 fully saturated rings. The Balaban J connectivity index is 3.66. The van der Waals surface area contributed by atoms with Crippen LogP contribution in [0.3, 0.4) is 0 Å². The third-order valence-corrected chi connectivity index (χ3v) is 6.78. The molecule has 4 N–H and O–H groups in total. The fourth-order valence-corrected chi connectivity index (χ4v) is 4.66. The molecule has 0 saturated carbocycles. The molecule has 0 aromatic carbocycles. The van der Waals surface area contributed by atoms with Crippen molar-refractivity contribution in [3.8, 4) is 0 Å². The van der Waals surface area contributed by atoms with E-state index < -0.39 is 8.80 Å². The van der Waals surface area contributed by atoms with E-state index in [1.807, 2.05) is 18.7 Å². The first-order chi connectivity index (χ1) is 8.49. The van der Waals surface area contributed by atoms with Crippen molar-refractivity contribution in [3.05, 3.63) is 0 Å². The molecule has 2 atom stereocenters. The van der Waals surface area contributed by atoms with Gasteiger partial charge in [0.2, 0.25) is 0 Å². The van der Waals surface area contributed by atoms with E-state index in [1.165, 1.54) is 0 Å². The molecular formula is C11H28N2O3SSi. The Morgan fingerprint density at radius 1 is 1.11 bits per heavy atom. The molecule has 0 heterocycles. The summed E-state index contributed by atoms with van der Waals surface area (Å²) in [5.41, 5.74) is 11.7. The van der Waals surface area contributed by atoms with E-state index in [1.54, 1.807) is 21.3 Å². The molecule has 0 aromatic rings. The van der Waals surface area contributed by atoms with Crippen LogP contribution in [0.1, 0.15) is 19.8 Å². The minimum Gasteiger partial charge on any atom is -0.377 e. The highest BCUT2D eigenvalue weighted by molar-refractivity contribution is 7.99. The van der Waals surface area contributed by atoms with Crippen molar-refractivity contribution in [2.24, 2.45) is 11.5 Å². The predicted octanol–water partition coefficient (Wildman–Crippen LogP) is 1.05. The van der Waals surface area contributed by atoms with Gasteiger partial charge >= 0.3 is 8.80 Å². The summed E-state index contributed by atoms with van der Waals surface area (Å²) in [6, 6.07) is 1.20. The monoisotopic (exact) mass is 296 g/mol. The maximum absolute atomic E-state index is 5.95. The van der Waals surface area contributed by atoms with Gasteiger partial charge in [0.25, 0.3) is 0 Å². The highest BCUT2D eigenvalue weighted by Crippen LogP contribution is 2.17. The summed E-state index contributed by atoms with van der Waals surface area (Å²) in [4.78, 5) is 0. The molecule has 110 valence electrons. The fraction of sp³-hybridized carbons (Fsp3) is 1.00. The standard InChI is InChI=1S/C11H28N2O3SSi/c1-10(12)8-11(13)9-17-6-5-7-18(14-2,15-3)16-4/h10-11H,5-9,12-13H2,1-4H3. The van der Waals surface area contributed by atoms with Crippen LogP contribution in [-0.2, 0) is 13.3 Å². The summed E-state index contributed by atoms with van der Waals surface area (Å²) in [6.45, 7) is 1.99. The Kier molecular flexibility index (Phi) is 10.4. The van der Waals surface area contributed by atoms with Crippen molar-refractivity contribution >= 4 is 20.6 Å². The van der Waals surface area contributed by atoms with Gasteiger partial charge in [0.05, 0.1) is 0 Å². The Morgan fingerprint density at radius 3 is 2.11 bits per heavy atom. The van der Waals surface area contributed by atoms with Crippen LogP contribution in [0.15, 0.2) is 0 Å². The predicted molar refractivity (Wildman–Crippen MR) is 79.8 cm³/mol. The second-order valence-electron chi connectivity index (χ2n) is 4.45. The van der Waals surface area contributed by atoms with Crippen LogP contribution in [0.5, 0.6) is 0 Å². The van der Waals surface area contributed by atoms with Gasteiger partial charge in [-0.25, -0.2) is 0 Å². The average molecular weight is 297 g/mol. The SMILES string of the molecule is CO[Si](CCCSCC(N)CC(C)N)(OC)OC. The van der Waals surface area contributed by atoms with Crippen LogP contribution >= 0.6 is 11.8 Å². The van der Waals surface area contributed by atoms with Crippen molar-refractivity contribution in [1.29, 1.82) is 0 Å². The zero-order valence-corrected chi connectivity index (χ0v) is 13.8. The van der Waals surface area contributed by atoms with Crippen LogP contribution in [0.2, 0.25) is 6.04 Å². The van der Waals surface area contributed by atoms with Gasteiger partial charge in [0, 0.05) is 45.2 Å². The third kappa shape index (κ3) is 7.73. The number of hydrogen-bond donors (Lipinski definition) is 2. The summed E-state index contributed by atoms with van der Waals surface area (Å²) < 4.78 is 16.1. The van der Waals surface area contributed by atoms with E-state index in [-0.39, 0.29) is 12.1 Å². The van der Waals surface area contributed by atoms with Gasteiger partial charge in [-0.2, -0.15) is 11.8 Å². The molecule has 0 saturated heterocycles. The molecule has 0 aliphatic heterocycles. The quantitative estimate of drug-likeness (QED) is 0.438. The molecule has 0 amide bonds. The average Bonchev–Trinajstić information content (AvgIpc) is 2.33. The second kappa shape index (κ2) is 10.2. The number of nitrogens with two attached hydrogens (primary N) is 2. The molecule has 0 radical (unpaired) electrons. The van der Waals surface area contributed by atoms with Crippen molar-refractivity contribution < 1.29 is 13.3 Å². The molecule has 0 spiro atoms. The van der Waals surface area contributed by atoms with E-state index in [9.17, 15) is 0 Å². The highest BCUT2D eigenvalue weighted by Gasteiger charge is 2.36. The van der Waals surface area contributed by atoms with Crippen molar-refractivity contribution in [1.82, 2.24) is 0 Å². The molecule has 2 unspecified atom stereocenters. The summed E-state index contributed by atoms with van der Waals surface area (Å²) in [6.07, 6.45) is 1.89. The number of hydrogen-bond acceptors (Lipinski definition) is 6. The number of rotatable bonds is 11. The van der Waals surface area contributed by atoms with E-state index >= 15 is 0 Å². The Morgan fingerprint density at radius 2 is 1.67 bits per heavy atom. The van der Waals surface area contributed by atoms with Crippen LogP contribution in [0.4, 0.5) is 0 Å². The molecule has 0 rings (SSSR count). The highest BCUT2D eigenvalue weighted by atomic mass is 32.2. The van der Waals surface area contributed by atoms with E-state index in [0.29, 0.717) is 0 Å². The summed E-state index contributed by atoms with van der Waals surface area (Å²) >= 11 is 1.85. The van der Waals surface area contributed by atoms with Gasteiger partial charge in [-0.3, -0.25) is 0 Å². The molecule has 0 aliphatic rings. The minimum absolute atomic E-state index is 0.177. The minimum atomic E-state index is -2.39. The van der Waals surface area contributed by atoms with Gasteiger partial charge in [-0.05, 0) is 25.5 Å². The lowest BCUT2D eigenvalue weighted by Gasteiger charge is -2.24. The van der Waals surface area contributed by atoms with Crippen LogP contribution in [-0.4, -0.2) is 53.7 Å². The largest absolute Gasteiger partial charge is 0.500 e. The molecule has 5 nitrogen and oxygen atoms in total. The van der Waals surface area contributed by atoms with Gasteiger partial charge < -0.3 is 24.7 Å². The number of thioether (sulfide) groups is 1. The van der Waals surface area contributed by atoms with Gasteiger partial charge in [-0.15, -0.1) is 0 Å². The first kappa shape index (κ1) is 18.4. The fourth-order valence-electron chi connectivity index (χ4n) is 1.73. The molecule has 0 bridgehead atoms. The smallest absolute Gasteiger partial charge is 0.377 e. The lowest BCUT2D eigenvalue weighted by atomic mass is 10.1. The lowest BCUT2D eigenvalue weighted by Crippen LogP contribution is -2.42.